The Labute approximate surface area is 178 Å². The van der Waals surface area contributed by atoms with Crippen LogP contribution in [0, 0.1) is 0 Å². The van der Waals surface area contributed by atoms with Crippen molar-refractivity contribution < 1.29 is 23.9 Å². The highest BCUT2D eigenvalue weighted by Crippen LogP contribution is 2.14. The topological polar surface area (TPSA) is 88.2 Å². The van der Waals surface area contributed by atoms with E-state index in [9.17, 15) is 14.4 Å². The minimum absolute atomic E-state index is 0.0446. The normalized spacial score (nSPS) is 14.9. The molecule has 0 spiro atoms. The van der Waals surface area contributed by atoms with Crippen molar-refractivity contribution in [3.63, 3.8) is 0 Å². The number of rotatable bonds is 8. The Morgan fingerprint density at radius 2 is 1.80 bits per heavy atom. The van der Waals surface area contributed by atoms with E-state index < -0.39 is 5.60 Å². The van der Waals surface area contributed by atoms with Gasteiger partial charge in [-0.05, 0) is 52.8 Å². The van der Waals surface area contributed by atoms with E-state index >= 15 is 0 Å². The molecule has 8 nitrogen and oxygen atoms in total. The van der Waals surface area contributed by atoms with Gasteiger partial charge in [-0.3, -0.25) is 14.5 Å². The SMILES string of the molecule is CC(=O)c1cccc(OCC(=O)NCCCN2CCN(C(=O)OC(C)(C)C)CC2)c1. The van der Waals surface area contributed by atoms with Gasteiger partial charge in [0, 0.05) is 38.3 Å². The summed E-state index contributed by atoms with van der Waals surface area (Å²) in [6, 6.07) is 6.79. The summed E-state index contributed by atoms with van der Waals surface area (Å²) in [5.74, 6) is 0.260. The number of ether oxygens (including phenoxy) is 2. The second-order valence-corrected chi connectivity index (χ2v) is 8.39. The highest BCUT2D eigenvalue weighted by Gasteiger charge is 2.25. The van der Waals surface area contributed by atoms with Crippen LogP contribution in [0.5, 0.6) is 5.75 Å². The van der Waals surface area contributed by atoms with Gasteiger partial charge in [-0.1, -0.05) is 12.1 Å². The second kappa shape index (κ2) is 11.0. The summed E-state index contributed by atoms with van der Waals surface area (Å²) >= 11 is 0. The maximum absolute atomic E-state index is 12.1. The Morgan fingerprint density at radius 1 is 1.10 bits per heavy atom. The summed E-state index contributed by atoms with van der Waals surface area (Å²) < 4.78 is 10.9. The molecule has 1 aliphatic rings. The number of nitrogens with zero attached hydrogens (tertiary/aromatic N) is 2. The summed E-state index contributed by atoms with van der Waals surface area (Å²) in [6.45, 7) is 11.3. The summed E-state index contributed by atoms with van der Waals surface area (Å²) in [4.78, 5) is 39.4. The molecule has 2 rings (SSSR count). The lowest BCUT2D eigenvalue weighted by atomic mass is 10.1. The maximum atomic E-state index is 12.1. The van der Waals surface area contributed by atoms with Gasteiger partial charge in [-0.15, -0.1) is 0 Å². The number of nitrogens with one attached hydrogen (secondary N) is 1. The average Bonchev–Trinajstić information content (AvgIpc) is 2.69. The fourth-order valence-corrected chi connectivity index (χ4v) is 3.02. The first-order valence-electron chi connectivity index (χ1n) is 10.3. The lowest BCUT2D eigenvalue weighted by molar-refractivity contribution is -0.123. The highest BCUT2D eigenvalue weighted by atomic mass is 16.6. The number of ketones is 1. The Morgan fingerprint density at radius 3 is 2.43 bits per heavy atom. The van der Waals surface area contributed by atoms with Gasteiger partial charge in [-0.2, -0.15) is 0 Å². The average molecular weight is 420 g/mol. The van der Waals surface area contributed by atoms with E-state index in [0.29, 0.717) is 30.9 Å². The van der Waals surface area contributed by atoms with E-state index in [4.69, 9.17) is 9.47 Å². The van der Waals surface area contributed by atoms with E-state index in [2.05, 4.69) is 10.2 Å². The van der Waals surface area contributed by atoms with Crippen LogP contribution in [0.3, 0.4) is 0 Å². The van der Waals surface area contributed by atoms with Crippen molar-refractivity contribution in [2.75, 3.05) is 45.9 Å². The van der Waals surface area contributed by atoms with Crippen LogP contribution >= 0.6 is 0 Å². The third-order valence-electron chi connectivity index (χ3n) is 4.61. The highest BCUT2D eigenvalue weighted by molar-refractivity contribution is 5.94. The zero-order valence-electron chi connectivity index (χ0n) is 18.4. The van der Waals surface area contributed by atoms with Crippen LogP contribution in [0.4, 0.5) is 4.79 Å². The van der Waals surface area contributed by atoms with Crippen LogP contribution in [-0.4, -0.2) is 79.1 Å². The third-order valence-corrected chi connectivity index (χ3v) is 4.61. The molecule has 166 valence electrons. The molecule has 1 saturated heterocycles. The first-order chi connectivity index (χ1) is 14.1. The Balaban J connectivity index is 1.58. The molecule has 0 saturated carbocycles. The van der Waals surface area contributed by atoms with Gasteiger partial charge >= 0.3 is 6.09 Å². The number of carbonyl (C=O) groups is 3. The second-order valence-electron chi connectivity index (χ2n) is 8.39. The molecule has 0 bridgehead atoms. The molecule has 30 heavy (non-hydrogen) atoms. The summed E-state index contributed by atoms with van der Waals surface area (Å²) in [5.41, 5.74) is 0.0755. The zero-order valence-corrected chi connectivity index (χ0v) is 18.4. The van der Waals surface area contributed by atoms with Crippen LogP contribution in [0.2, 0.25) is 0 Å². The molecule has 0 aliphatic carbocycles. The lowest BCUT2D eigenvalue weighted by Gasteiger charge is -2.35. The Hall–Kier alpha value is -2.61. The van der Waals surface area contributed by atoms with Crippen LogP contribution < -0.4 is 10.1 Å². The van der Waals surface area contributed by atoms with Gasteiger partial charge in [0.1, 0.15) is 11.4 Å². The number of hydrogen-bond acceptors (Lipinski definition) is 6. The number of benzene rings is 1. The van der Waals surface area contributed by atoms with Crippen molar-refractivity contribution in [2.24, 2.45) is 0 Å². The van der Waals surface area contributed by atoms with E-state index in [1.54, 1.807) is 29.2 Å². The first kappa shape index (κ1) is 23.7. The van der Waals surface area contributed by atoms with Crippen molar-refractivity contribution >= 4 is 17.8 Å². The van der Waals surface area contributed by atoms with Gasteiger partial charge in [0.05, 0.1) is 0 Å². The number of carbonyl (C=O) groups excluding carboxylic acids is 3. The molecule has 1 fully saturated rings. The quantitative estimate of drug-likeness (QED) is 0.514. The van der Waals surface area contributed by atoms with Gasteiger partial charge in [0.2, 0.25) is 0 Å². The van der Waals surface area contributed by atoms with E-state index in [-0.39, 0.29) is 24.4 Å². The predicted molar refractivity (Wildman–Crippen MR) is 114 cm³/mol. The van der Waals surface area contributed by atoms with Gasteiger partial charge in [-0.25, -0.2) is 4.79 Å². The lowest BCUT2D eigenvalue weighted by Crippen LogP contribution is -2.50. The minimum Gasteiger partial charge on any atom is -0.484 e. The zero-order chi connectivity index (χ0) is 22.1. The maximum Gasteiger partial charge on any atom is 0.410 e. The van der Waals surface area contributed by atoms with Crippen molar-refractivity contribution in [1.82, 2.24) is 15.1 Å². The molecule has 8 heteroatoms. The molecule has 1 heterocycles. The molecular formula is C22H33N3O5. The number of hydrogen-bond donors (Lipinski definition) is 1. The minimum atomic E-state index is -0.480. The molecule has 1 aromatic rings. The molecule has 0 atom stereocenters. The number of Topliss-reactive ketones (excluding diaryl/α,β-unsaturated/α-hetero) is 1. The van der Waals surface area contributed by atoms with Crippen molar-refractivity contribution in [1.29, 1.82) is 0 Å². The fourth-order valence-electron chi connectivity index (χ4n) is 3.02. The monoisotopic (exact) mass is 419 g/mol. The van der Waals surface area contributed by atoms with Crippen LogP contribution in [-0.2, 0) is 9.53 Å². The van der Waals surface area contributed by atoms with Crippen LogP contribution in [0.15, 0.2) is 24.3 Å². The third kappa shape index (κ3) is 8.41. The Kier molecular flexibility index (Phi) is 8.65. The van der Waals surface area contributed by atoms with Gasteiger partial charge in [0.25, 0.3) is 5.91 Å². The largest absolute Gasteiger partial charge is 0.484 e. The molecule has 1 N–H and O–H groups in total. The first-order valence-corrected chi connectivity index (χ1v) is 10.3. The molecule has 1 aromatic carbocycles. The van der Waals surface area contributed by atoms with Crippen molar-refractivity contribution in [2.45, 2.75) is 39.7 Å². The van der Waals surface area contributed by atoms with Gasteiger partial charge in [0.15, 0.2) is 12.4 Å². The van der Waals surface area contributed by atoms with Crippen molar-refractivity contribution in [3.05, 3.63) is 29.8 Å². The van der Waals surface area contributed by atoms with Crippen LogP contribution in [0.25, 0.3) is 0 Å². The van der Waals surface area contributed by atoms with Crippen LogP contribution in [0.1, 0.15) is 44.5 Å². The molecule has 0 radical (unpaired) electrons. The van der Waals surface area contributed by atoms with Gasteiger partial charge < -0.3 is 19.7 Å². The van der Waals surface area contributed by atoms with E-state index in [1.807, 2.05) is 20.8 Å². The molecule has 2 amide bonds. The smallest absolute Gasteiger partial charge is 0.410 e. The van der Waals surface area contributed by atoms with E-state index in [0.717, 1.165) is 26.1 Å². The summed E-state index contributed by atoms with van der Waals surface area (Å²) in [7, 11) is 0. The van der Waals surface area contributed by atoms with Crippen molar-refractivity contribution in [3.8, 4) is 5.75 Å². The summed E-state index contributed by atoms with van der Waals surface area (Å²) in [5, 5.41) is 2.84. The predicted octanol–water partition coefficient (Wildman–Crippen LogP) is 2.33. The molecular weight excluding hydrogens is 386 g/mol. The molecule has 1 aliphatic heterocycles. The standard InChI is InChI=1S/C22H33N3O5/c1-17(26)18-7-5-8-19(15-18)29-16-20(27)23-9-6-10-24-11-13-25(14-12-24)21(28)30-22(2,3)4/h5,7-8,15H,6,9-14,16H2,1-4H3,(H,23,27). The molecule has 0 aromatic heterocycles. The number of piperazine rings is 1. The number of amides is 2. The summed E-state index contributed by atoms with van der Waals surface area (Å²) in [6.07, 6.45) is 0.557. The van der Waals surface area contributed by atoms with E-state index in [1.165, 1.54) is 6.92 Å². The Bertz CT molecular complexity index is 737. The fraction of sp³-hybridized carbons (Fsp3) is 0.591. The molecule has 0 unspecified atom stereocenters.